The van der Waals surface area contributed by atoms with Gasteiger partial charge >= 0.3 is 0 Å². The molecule has 1 fully saturated rings. The van der Waals surface area contributed by atoms with Crippen molar-refractivity contribution in [3.63, 3.8) is 0 Å². The van der Waals surface area contributed by atoms with Crippen LogP contribution in [0.2, 0.25) is 0 Å². The molecule has 3 aromatic rings. The lowest BCUT2D eigenvalue weighted by Gasteiger charge is -2.14. The Morgan fingerprint density at radius 1 is 0.900 bits per heavy atom. The molecule has 0 saturated carbocycles. The maximum Gasteiger partial charge on any atom is 0.270 e. The van der Waals surface area contributed by atoms with Crippen LogP contribution in [0.1, 0.15) is 22.3 Å². The lowest BCUT2D eigenvalue weighted by atomic mass is 10.1. The van der Waals surface area contributed by atoms with Crippen molar-refractivity contribution in [1.82, 2.24) is 0 Å². The third-order valence-corrected chi connectivity index (χ3v) is 6.09. The Balaban J connectivity index is 1.44. The average molecular weight is 432 g/mol. The van der Waals surface area contributed by atoms with Gasteiger partial charge in [0.25, 0.3) is 5.91 Å². The maximum atomic E-state index is 12.9. The van der Waals surface area contributed by atoms with E-state index in [0.29, 0.717) is 15.8 Å². The lowest BCUT2D eigenvalue weighted by Crippen LogP contribution is -2.27. The Kier molecular flexibility index (Phi) is 6.02. The normalized spacial score (nSPS) is 15.1. The van der Waals surface area contributed by atoms with Gasteiger partial charge in [0.05, 0.1) is 10.6 Å². The second-order valence-electron chi connectivity index (χ2n) is 7.20. The van der Waals surface area contributed by atoms with E-state index in [2.05, 4.69) is 31.2 Å². The third kappa shape index (κ3) is 4.64. The summed E-state index contributed by atoms with van der Waals surface area (Å²) in [6.45, 7) is 4.61. The second kappa shape index (κ2) is 8.86. The summed E-state index contributed by atoms with van der Waals surface area (Å²) in [5, 5.41) is 0. The molecule has 1 heterocycles. The first-order valence-electron chi connectivity index (χ1n) is 9.63. The van der Waals surface area contributed by atoms with Crippen LogP contribution in [0.5, 0.6) is 5.75 Å². The van der Waals surface area contributed by atoms with Crippen LogP contribution < -0.4 is 9.64 Å². The van der Waals surface area contributed by atoms with Crippen molar-refractivity contribution in [1.29, 1.82) is 0 Å². The van der Waals surface area contributed by atoms with Crippen LogP contribution in [0.3, 0.4) is 0 Å². The number of ether oxygens (including phenoxy) is 1. The highest BCUT2D eigenvalue weighted by molar-refractivity contribution is 8.27. The Bertz CT molecular complexity index is 1100. The number of hydrogen-bond acceptors (Lipinski definition) is 4. The number of thioether (sulfide) groups is 1. The molecule has 1 aliphatic heterocycles. The lowest BCUT2D eigenvalue weighted by molar-refractivity contribution is -0.113. The highest BCUT2D eigenvalue weighted by Crippen LogP contribution is 2.36. The van der Waals surface area contributed by atoms with E-state index in [0.717, 1.165) is 28.1 Å². The molecule has 0 N–H and O–H groups in total. The number of thiocarbonyl (C=S) groups is 1. The molecule has 5 heteroatoms. The van der Waals surface area contributed by atoms with Crippen molar-refractivity contribution < 1.29 is 9.53 Å². The highest BCUT2D eigenvalue weighted by atomic mass is 32.2. The molecule has 4 rings (SSSR count). The molecule has 0 atom stereocenters. The zero-order valence-electron chi connectivity index (χ0n) is 16.8. The number of hydrogen-bond donors (Lipinski definition) is 0. The first kappa shape index (κ1) is 20.4. The quantitative estimate of drug-likeness (QED) is 0.351. The largest absolute Gasteiger partial charge is 0.489 e. The van der Waals surface area contributed by atoms with Gasteiger partial charge in [0.15, 0.2) is 4.32 Å². The summed E-state index contributed by atoms with van der Waals surface area (Å²) in [5.41, 5.74) is 5.23. The number of aryl methyl sites for hydroxylation is 2. The molecular formula is C25H21NO2S2. The van der Waals surface area contributed by atoms with Crippen LogP contribution in [-0.2, 0) is 11.4 Å². The fourth-order valence-corrected chi connectivity index (χ4v) is 4.35. The molecule has 0 aromatic heterocycles. The van der Waals surface area contributed by atoms with Crippen molar-refractivity contribution in [3.8, 4) is 5.75 Å². The summed E-state index contributed by atoms with van der Waals surface area (Å²) >= 11 is 6.77. The van der Waals surface area contributed by atoms with Crippen LogP contribution in [0.25, 0.3) is 6.08 Å². The van der Waals surface area contributed by atoms with Gasteiger partial charge in [-0.15, -0.1) is 0 Å². The first-order valence-corrected chi connectivity index (χ1v) is 10.8. The molecule has 0 unspecified atom stereocenters. The van der Waals surface area contributed by atoms with Crippen LogP contribution in [-0.4, -0.2) is 10.2 Å². The monoisotopic (exact) mass is 431 g/mol. The molecule has 150 valence electrons. The zero-order valence-corrected chi connectivity index (χ0v) is 18.4. The standard InChI is InChI=1S/C25H21NO2S2/c1-17-3-7-20(8-4-17)16-28-22-13-9-19(10-14-22)15-23-24(27)26(25(29)30-23)21-11-5-18(2)6-12-21/h3-15H,16H2,1-2H3/b23-15-. The molecule has 0 radical (unpaired) electrons. The minimum atomic E-state index is -0.0893. The zero-order chi connectivity index (χ0) is 21.1. The van der Waals surface area contributed by atoms with E-state index in [9.17, 15) is 4.79 Å². The molecule has 1 saturated heterocycles. The first-order chi connectivity index (χ1) is 14.5. The Hall–Kier alpha value is -2.89. The highest BCUT2D eigenvalue weighted by Gasteiger charge is 2.33. The number of nitrogens with zero attached hydrogens (tertiary/aromatic N) is 1. The van der Waals surface area contributed by atoms with E-state index < -0.39 is 0 Å². The summed E-state index contributed by atoms with van der Waals surface area (Å²) in [6, 6.07) is 23.8. The number of anilines is 1. The summed E-state index contributed by atoms with van der Waals surface area (Å²) in [4.78, 5) is 15.1. The van der Waals surface area contributed by atoms with E-state index in [-0.39, 0.29) is 5.91 Å². The van der Waals surface area contributed by atoms with Gasteiger partial charge in [-0.2, -0.15) is 0 Å². The van der Waals surface area contributed by atoms with Crippen molar-refractivity contribution >= 4 is 46.0 Å². The Morgan fingerprint density at radius 3 is 2.13 bits per heavy atom. The summed E-state index contributed by atoms with van der Waals surface area (Å²) in [6.07, 6.45) is 1.87. The molecule has 3 nitrogen and oxygen atoms in total. The summed E-state index contributed by atoms with van der Waals surface area (Å²) < 4.78 is 6.41. The van der Waals surface area contributed by atoms with Crippen molar-refractivity contribution in [2.75, 3.05) is 4.90 Å². The Labute approximate surface area is 186 Å². The van der Waals surface area contributed by atoms with E-state index >= 15 is 0 Å². The number of benzene rings is 3. The molecule has 30 heavy (non-hydrogen) atoms. The fourth-order valence-electron chi connectivity index (χ4n) is 3.05. The van der Waals surface area contributed by atoms with Crippen LogP contribution in [0, 0.1) is 13.8 Å². The number of carbonyl (C=O) groups is 1. The van der Waals surface area contributed by atoms with Gasteiger partial charge in [-0.1, -0.05) is 83.6 Å². The molecule has 0 spiro atoms. The predicted octanol–water partition coefficient (Wildman–Crippen LogP) is 6.29. The summed E-state index contributed by atoms with van der Waals surface area (Å²) in [7, 11) is 0. The third-order valence-electron chi connectivity index (χ3n) is 4.79. The summed E-state index contributed by atoms with van der Waals surface area (Å²) in [5.74, 6) is 0.702. The Morgan fingerprint density at radius 2 is 1.50 bits per heavy atom. The van der Waals surface area contributed by atoms with E-state index in [1.165, 1.54) is 17.3 Å². The molecular weight excluding hydrogens is 410 g/mol. The van der Waals surface area contributed by atoms with Gasteiger partial charge in [0, 0.05) is 0 Å². The molecule has 3 aromatic carbocycles. The topological polar surface area (TPSA) is 29.5 Å². The SMILES string of the molecule is Cc1ccc(COc2ccc(/C=C3\SC(=S)N(c4ccc(C)cc4)C3=O)cc2)cc1. The van der Waals surface area contributed by atoms with Crippen molar-refractivity contribution in [2.24, 2.45) is 0 Å². The molecule has 1 amide bonds. The van der Waals surface area contributed by atoms with E-state index in [1.807, 2.05) is 61.5 Å². The van der Waals surface area contributed by atoms with Crippen LogP contribution in [0.15, 0.2) is 77.7 Å². The molecule has 1 aliphatic rings. The minimum absolute atomic E-state index is 0.0893. The average Bonchev–Trinajstić information content (AvgIpc) is 3.02. The van der Waals surface area contributed by atoms with E-state index in [4.69, 9.17) is 17.0 Å². The van der Waals surface area contributed by atoms with Gasteiger partial charge < -0.3 is 4.74 Å². The van der Waals surface area contributed by atoms with Crippen LogP contribution >= 0.6 is 24.0 Å². The number of rotatable bonds is 5. The smallest absolute Gasteiger partial charge is 0.270 e. The number of carbonyl (C=O) groups excluding carboxylic acids is 1. The molecule has 0 bridgehead atoms. The van der Waals surface area contributed by atoms with Gasteiger partial charge in [0.2, 0.25) is 0 Å². The van der Waals surface area contributed by atoms with Crippen LogP contribution in [0.4, 0.5) is 5.69 Å². The fraction of sp³-hybridized carbons (Fsp3) is 0.120. The maximum absolute atomic E-state index is 12.9. The molecule has 0 aliphatic carbocycles. The van der Waals surface area contributed by atoms with Gasteiger partial charge in [-0.3, -0.25) is 9.69 Å². The van der Waals surface area contributed by atoms with Crippen molar-refractivity contribution in [2.45, 2.75) is 20.5 Å². The van der Waals surface area contributed by atoms with E-state index in [1.54, 1.807) is 4.90 Å². The second-order valence-corrected chi connectivity index (χ2v) is 8.87. The predicted molar refractivity (Wildman–Crippen MR) is 129 cm³/mol. The van der Waals surface area contributed by atoms with Crippen molar-refractivity contribution in [3.05, 3.63) is 100.0 Å². The van der Waals surface area contributed by atoms with Gasteiger partial charge in [-0.25, -0.2) is 0 Å². The van der Waals surface area contributed by atoms with Gasteiger partial charge in [0.1, 0.15) is 12.4 Å². The number of amides is 1. The minimum Gasteiger partial charge on any atom is -0.489 e. The van der Waals surface area contributed by atoms with Gasteiger partial charge in [-0.05, 0) is 55.3 Å².